The maximum Gasteiger partial charge on any atom is 0.128 e. The van der Waals surface area contributed by atoms with Crippen LogP contribution in [-0.4, -0.2) is 42.6 Å². The number of pyridine rings is 1. The Morgan fingerprint density at radius 3 is 2.67 bits per heavy atom. The van der Waals surface area contributed by atoms with Crippen LogP contribution in [0.15, 0.2) is 24.4 Å². The Morgan fingerprint density at radius 2 is 1.94 bits per heavy atom. The Balaban J connectivity index is 1.71. The lowest BCUT2D eigenvalue weighted by atomic mass is 9.88. The van der Waals surface area contributed by atoms with Crippen molar-refractivity contribution in [3.8, 4) is 0 Å². The topological polar surface area (TPSA) is 19.4 Å². The fourth-order valence-corrected chi connectivity index (χ4v) is 3.50. The van der Waals surface area contributed by atoms with Crippen molar-refractivity contribution in [3.05, 3.63) is 24.4 Å². The number of hydrogen-bond acceptors (Lipinski definition) is 3. The maximum absolute atomic E-state index is 4.54. The van der Waals surface area contributed by atoms with Crippen LogP contribution >= 0.6 is 0 Å². The van der Waals surface area contributed by atoms with Crippen LogP contribution in [0, 0.1) is 5.92 Å². The third-order valence-corrected chi connectivity index (χ3v) is 4.55. The van der Waals surface area contributed by atoms with E-state index in [1.807, 2.05) is 12.3 Å². The van der Waals surface area contributed by atoms with Crippen molar-refractivity contribution in [2.24, 2.45) is 5.92 Å². The molecule has 3 rings (SSSR count). The molecule has 1 atom stereocenters. The molecule has 2 saturated heterocycles. The van der Waals surface area contributed by atoms with Gasteiger partial charge in [-0.25, -0.2) is 4.98 Å². The molecule has 0 aliphatic carbocycles. The molecule has 0 N–H and O–H groups in total. The van der Waals surface area contributed by atoms with Crippen LogP contribution in [0.3, 0.4) is 0 Å². The van der Waals surface area contributed by atoms with Crippen LogP contribution in [0.2, 0.25) is 0 Å². The lowest BCUT2D eigenvalue weighted by Gasteiger charge is -2.37. The van der Waals surface area contributed by atoms with E-state index in [0.29, 0.717) is 0 Å². The lowest BCUT2D eigenvalue weighted by Crippen LogP contribution is -2.42. The average molecular weight is 245 g/mol. The van der Waals surface area contributed by atoms with Gasteiger partial charge < -0.3 is 9.80 Å². The van der Waals surface area contributed by atoms with Crippen LogP contribution in [0.25, 0.3) is 0 Å². The molecule has 2 fully saturated rings. The van der Waals surface area contributed by atoms with Gasteiger partial charge in [0.15, 0.2) is 0 Å². The highest BCUT2D eigenvalue weighted by Gasteiger charge is 2.33. The predicted molar refractivity (Wildman–Crippen MR) is 74.8 cm³/mol. The summed E-state index contributed by atoms with van der Waals surface area (Å²) in [5.41, 5.74) is 0. The Bertz CT molecular complexity index is 371. The number of likely N-dealkylation sites (tertiary alicyclic amines) is 1. The number of rotatable bonds is 2. The first kappa shape index (κ1) is 12.0. The zero-order chi connectivity index (χ0) is 12.4. The SMILES string of the molecule is CN1CCC([C@@H]2CCCN2c2ccccn2)CC1. The van der Waals surface area contributed by atoms with Crippen LogP contribution in [-0.2, 0) is 0 Å². The summed E-state index contributed by atoms with van der Waals surface area (Å²) in [6, 6.07) is 7.00. The van der Waals surface area contributed by atoms with Gasteiger partial charge in [0, 0.05) is 18.8 Å². The number of piperidine rings is 1. The standard InChI is InChI=1S/C15H23N3/c1-17-11-7-13(8-12-17)14-5-4-10-18(14)15-6-2-3-9-16-15/h2-3,6,9,13-14H,4-5,7-8,10-12H2,1H3/t14-/m0/s1. The first-order valence-electron chi connectivity index (χ1n) is 7.21. The minimum Gasteiger partial charge on any atom is -0.353 e. The second kappa shape index (κ2) is 5.27. The number of hydrogen-bond donors (Lipinski definition) is 0. The molecule has 1 aromatic rings. The first-order chi connectivity index (χ1) is 8.84. The van der Waals surface area contributed by atoms with Gasteiger partial charge >= 0.3 is 0 Å². The van der Waals surface area contributed by atoms with Gasteiger partial charge in [0.2, 0.25) is 0 Å². The van der Waals surface area contributed by atoms with Gasteiger partial charge in [-0.2, -0.15) is 0 Å². The molecule has 0 aromatic carbocycles. The third-order valence-electron chi connectivity index (χ3n) is 4.55. The van der Waals surface area contributed by atoms with E-state index in [1.165, 1.54) is 51.1 Å². The zero-order valence-electron chi connectivity index (χ0n) is 11.3. The monoisotopic (exact) mass is 245 g/mol. The molecule has 1 aromatic heterocycles. The third kappa shape index (κ3) is 2.37. The highest BCUT2D eigenvalue weighted by Crippen LogP contribution is 2.33. The zero-order valence-corrected chi connectivity index (χ0v) is 11.3. The molecule has 2 aliphatic rings. The van der Waals surface area contributed by atoms with E-state index in [1.54, 1.807) is 0 Å². The molecule has 18 heavy (non-hydrogen) atoms. The van der Waals surface area contributed by atoms with Gasteiger partial charge in [-0.05, 0) is 63.9 Å². The lowest BCUT2D eigenvalue weighted by molar-refractivity contribution is 0.198. The van der Waals surface area contributed by atoms with E-state index >= 15 is 0 Å². The summed E-state index contributed by atoms with van der Waals surface area (Å²) < 4.78 is 0. The molecule has 3 heterocycles. The average Bonchev–Trinajstić information content (AvgIpc) is 2.90. The minimum atomic E-state index is 0.730. The molecule has 98 valence electrons. The fraction of sp³-hybridized carbons (Fsp3) is 0.667. The molecule has 0 radical (unpaired) electrons. The summed E-state index contributed by atoms with van der Waals surface area (Å²) in [4.78, 5) is 9.54. The van der Waals surface area contributed by atoms with Gasteiger partial charge in [0.25, 0.3) is 0 Å². The Kier molecular flexibility index (Phi) is 3.50. The summed E-state index contributed by atoms with van der Waals surface area (Å²) in [6.07, 6.45) is 7.30. The van der Waals surface area contributed by atoms with Crippen molar-refractivity contribution >= 4 is 5.82 Å². The van der Waals surface area contributed by atoms with E-state index in [9.17, 15) is 0 Å². The Hall–Kier alpha value is -1.09. The van der Waals surface area contributed by atoms with Gasteiger partial charge in [0.1, 0.15) is 5.82 Å². The van der Waals surface area contributed by atoms with E-state index in [4.69, 9.17) is 0 Å². The van der Waals surface area contributed by atoms with Crippen LogP contribution in [0.1, 0.15) is 25.7 Å². The van der Waals surface area contributed by atoms with Crippen LogP contribution in [0.4, 0.5) is 5.82 Å². The summed E-state index contributed by atoms with van der Waals surface area (Å²) in [6.45, 7) is 3.71. The van der Waals surface area contributed by atoms with Crippen LogP contribution in [0.5, 0.6) is 0 Å². The smallest absolute Gasteiger partial charge is 0.128 e. The second-order valence-corrected chi connectivity index (χ2v) is 5.73. The molecular weight excluding hydrogens is 222 g/mol. The molecule has 2 aliphatic heterocycles. The van der Waals surface area contributed by atoms with Crippen LogP contribution < -0.4 is 4.90 Å². The molecule has 0 spiro atoms. The summed E-state index contributed by atoms with van der Waals surface area (Å²) in [5, 5.41) is 0. The van der Waals surface area contributed by atoms with Crippen molar-refractivity contribution in [3.63, 3.8) is 0 Å². The predicted octanol–water partition coefficient (Wildman–Crippen LogP) is 2.39. The van der Waals surface area contributed by atoms with Gasteiger partial charge in [-0.1, -0.05) is 6.07 Å². The van der Waals surface area contributed by atoms with E-state index in [2.05, 4.69) is 34.0 Å². The van der Waals surface area contributed by atoms with E-state index < -0.39 is 0 Å². The summed E-state index contributed by atoms with van der Waals surface area (Å²) >= 11 is 0. The largest absolute Gasteiger partial charge is 0.353 e. The molecule has 0 bridgehead atoms. The Morgan fingerprint density at radius 1 is 1.11 bits per heavy atom. The van der Waals surface area contributed by atoms with Crippen molar-refractivity contribution < 1.29 is 0 Å². The van der Waals surface area contributed by atoms with Gasteiger partial charge in [-0.15, -0.1) is 0 Å². The van der Waals surface area contributed by atoms with Gasteiger partial charge in [0.05, 0.1) is 0 Å². The number of anilines is 1. The van der Waals surface area contributed by atoms with Crippen molar-refractivity contribution in [2.45, 2.75) is 31.7 Å². The highest BCUT2D eigenvalue weighted by molar-refractivity contribution is 5.40. The fourth-order valence-electron chi connectivity index (χ4n) is 3.50. The second-order valence-electron chi connectivity index (χ2n) is 5.73. The van der Waals surface area contributed by atoms with Crippen molar-refractivity contribution in [1.29, 1.82) is 0 Å². The normalized spacial score (nSPS) is 26.7. The molecule has 0 unspecified atom stereocenters. The van der Waals surface area contributed by atoms with Crippen molar-refractivity contribution in [2.75, 3.05) is 31.6 Å². The maximum atomic E-state index is 4.54. The molecule has 0 saturated carbocycles. The van der Waals surface area contributed by atoms with Gasteiger partial charge in [-0.3, -0.25) is 0 Å². The van der Waals surface area contributed by atoms with E-state index in [0.717, 1.165) is 12.0 Å². The number of aromatic nitrogens is 1. The van der Waals surface area contributed by atoms with Crippen molar-refractivity contribution in [1.82, 2.24) is 9.88 Å². The Labute approximate surface area is 110 Å². The molecular formula is C15H23N3. The first-order valence-corrected chi connectivity index (χ1v) is 7.21. The quantitative estimate of drug-likeness (QED) is 0.797. The number of nitrogens with zero attached hydrogens (tertiary/aromatic N) is 3. The molecule has 3 heteroatoms. The summed E-state index contributed by atoms with van der Waals surface area (Å²) in [7, 11) is 2.24. The summed E-state index contributed by atoms with van der Waals surface area (Å²) in [5.74, 6) is 2.05. The highest BCUT2D eigenvalue weighted by atomic mass is 15.2. The molecule has 0 amide bonds. The molecule has 3 nitrogen and oxygen atoms in total. The van der Waals surface area contributed by atoms with E-state index in [-0.39, 0.29) is 0 Å². The minimum absolute atomic E-state index is 0.730.